The van der Waals surface area contributed by atoms with Gasteiger partial charge in [-0.2, -0.15) is 0 Å². The second-order valence-electron chi connectivity index (χ2n) is 6.63. The molecule has 0 aromatic heterocycles. The fourth-order valence-electron chi connectivity index (χ4n) is 4.02. The summed E-state index contributed by atoms with van der Waals surface area (Å²) in [6.45, 7) is 0. The average Bonchev–Trinajstić information content (AvgIpc) is 2.72. The average molecular weight is 355 g/mol. The van der Waals surface area contributed by atoms with Crippen molar-refractivity contribution in [2.75, 3.05) is 11.7 Å². The molecule has 0 saturated heterocycles. The van der Waals surface area contributed by atoms with E-state index in [4.69, 9.17) is 0 Å². The van der Waals surface area contributed by atoms with Gasteiger partial charge in [0, 0.05) is 28.8 Å². The molecule has 126 valence electrons. The van der Waals surface area contributed by atoms with E-state index in [2.05, 4.69) is 48.5 Å². The SMILES string of the molecule is CN1c2ccccc2-c2c(ccc3ccccc23)P1(=O)c1ccccc1. The number of rotatable bonds is 1. The van der Waals surface area contributed by atoms with Crippen LogP contribution in [0.25, 0.3) is 21.9 Å². The van der Waals surface area contributed by atoms with Crippen molar-refractivity contribution < 1.29 is 4.57 Å². The summed E-state index contributed by atoms with van der Waals surface area (Å²) in [5, 5.41) is 4.11. The Balaban J connectivity index is 1.96. The molecule has 0 bridgehead atoms. The Kier molecular flexibility index (Phi) is 3.32. The molecule has 0 saturated carbocycles. The van der Waals surface area contributed by atoms with Crippen molar-refractivity contribution in [3.8, 4) is 11.1 Å². The summed E-state index contributed by atoms with van der Waals surface area (Å²) in [7, 11) is -1.00. The minimum atomic E-state index is -2.95. The molecule has 0 fully saturated rings. The summed E-state index contributed by atoms with van der Waals surface area (Å²) in [5.74, 6) is 0. The van der Waals surface area contributed by atoms with Crippen LogP contribution in [-0.4, -0.2) is 7.05 Å². The molecular formula is C23H18NOP. The molecule has 0 radical (unpaired) electrons. The molecule has 0 amide bonds. The molecule has 4 aromatic rings. The van der Waals surface area contributed by atoms with Gasteiger partial charge in [-0.3, -0.25) is 4.57 Å². The van der Waals surface area contributed by atoms with Gasteiger partial charge in [-0.25, -0.2) is 0 Å². The number of fused-ring (bicyclic) bond motifs is 5. The van der Waals surface area contributed by atoms with E-state index in [1.807, 2.05) is 54.2 Å². The quantitative estimate of drug-likeness (QED) is 0.438. The molecule has 4 aromatic carbocycles. The van der Waals surface area contributed by atoms with Gasteiger partial charge in [0.2, 0.25) is 7.29 Å². The largest absolute Gasteiger partial charge is 0.318 e. The molecule has 1 atom stereocenters. The van der Waals surface area contributed by atoms with Crippen LogP contribution in [0.3, 0.4) is 0 Å². The zero-order chi connectivity index (χ0) is 17.7. The van der Waals surface area contributed by atoms with E-state index in [-0.39, 0.29) is 0 Å². The van der Waals surface area contributed by atoms with Gasteiger partial charge in [0.05, 0.1) is 5.69 Å². The van der Waals surface area contributed by atoms with E-state index < -0.39 is 7.29 Å². The minimum Gasteiger partial charge on any atom is -0.318 e. The van der Waals surface area contributed by atoms with E-state index in [1.54, 1.807) is 0 Å². The van der Waals surface area contributed by atoms with Crippen LogP contribution in [0, 0.1) is 0 Å². The van der Waals surface area contributed by atoms with E-state index in [0.29, 0.717) is 0 Å². The number of anilines is 1. The molecule has 1 aliphatic heterocycles. The Labute approximate surface area is 153 Å². The van der Waals surface area contributed by atoms with E-state index in [9.17, 15) is 4.57 Å². The lowest BCUT2D eigenvalue weighted by Crippen LogP contribution is -2.34. The highest BCUT2D eigenvalue weighted by Gasteiger charge is 2.40. The third kappa shape index (κ3) is 1.97. The predicted molar refractivity (Wildman–Crippen MR) is 111 cm³/mol. The number of benzene rings is 4. The zero-order valence-electron chi connectivity index (χ0n) is 14.5. The maximum Gasteiger partial charge on any atom is 0.230 e. The van der Waals surface area contributed by atoms with Crippen LogP contribution >= 0.6 is 7.29 Å². The predicted octanol–water partition coefficient (Wildman–Crippen LogP) is 5.19. The van der Waals surface area contributed by atoms with E-state index in [0.717, 1.165) is 32.8 Å². The molecule has 0 spiro atoms. The summed E-state index contributed by atoms with van der Waals surface area (Å²) in [6.07, 6.45) is 0. The third-order valence-corrected chi connectivity index (χ3v) is 8.37. The van der Waals surface area contributed by atoms with E-state index >= 15 is 0 Å². The van der Waals surface area contributed by atoms with Crippen LogP contribution in [-0.2, 0) is 4.57 Å². The molecule has 1 aliphatic rings. The fourth-order valence-corrected chi connectivity index (χ4v) is 6.84. The maximum atomic E-state index is 14.5. The van der Waals surface area contributed by atoms with Crippen LogP contribution < -0.4 is 15.3 Å². The number of hydrogen-bond donors (Lipinski definition) is 0. The molecule has 1 heterocycles. The normalized spacial score (nSPS) is 18.4. The molecule has 0 N–H and O–H groups in total. The Morgan fingerprint density at radius 2 is 1.42 bits per heavy atom. The van der Waals surface area contributed by atoms with Crippen molar-refractivity contribution in [1.29, 1.82) is 0 Å². The van der Waals surface area contributed by atoms with Gasteiger partial charge in [0.25, 0.3) is 0 Å². The molecule has 0 aliphatic carbocycles. The highest BCUT2D eigenvalue weighted by atomic mass is 31.2. The van der Waals surface area contributed by atoms with Gasteiger partial charge in [-0.1, -0.05) is 66.7 Å². The summed E-state index contributed by atoms with van der Waals surface area (Å²) < 4.78 is 16.5. The standard InChI is InChI=1S/C23H18NOP/c1-24-21-14-8-7-13-20(21)23-19-12-6-5-9-17(19)15-16-22(23)26(24,25)18-10-3-2-4-11-18/h2-16H,1H3. The first-order valence-electron chi connectivity index (χ1n) is 8.73. The number of nitrogens with zero attached hydrogens (tertiary/aromatic N) is 1. The van der Waals surface area contributed by atoms with Crippen molar-refractivity contribution in [2.24, 2.45) is 0 Å². The van der Waals surface area contributed by atoms with Gasteiger partial charge in [-0.05, 0) is 35.0 Å². The molecule has 3 heteroatoms. The fraction of sp³-hybridized carbons (Fsp3) is 0.0435. The van der Waals surface area contributed by atoms with Crippen molar-refractivity contribution >= 4 is 34.4 Å². The first-order valence-corrected chi connectivity index (χ1v) is 10.4. The summed E-state index contributed by atoms with van der Waals surface area (Å²) in [5.41, 5.74) is 3.26. The van der Waals surface area contributed by atoms with Crippen LogP contribution in [0.15, 0.2) is 91.0 Å². The van der Waals surface area contributed by atoms with Crippen LogP contribution in [0.1, 0.15) is 0 Å². The highest BCUT2D eigenvalue weighted by molar-refractivity contribution is 7.80. The second-order valence-corrected chi connectivity index (χ2v) is 9.38. The zero-order valence-corrected chi connectivity index (χ0v) is 15.4. The van der Waals surface area contributed by atoms with Crippen molar-refractivity contribution in [3.05, 3.63) is 91.0 Å². The molecule has 26 heavy (non-hydrogen) atoms. The number of hydrogen-bond acceptors (Lipinski definition) is 1. The first-order chi connectivity index (χ1) is 12.7. The van der Waals surface area contributed by atoms with Crippen LogP contribution in [0.2, 0.25) is 0 Å². The molecule has 1 unspecified atom stereocenters. The summed E-state index contributed by atoms with van der Waals surface area (Å²) in [4.78, 5) is 0. The van der Waals surface area contributed by atoms with Crippen LogP contribution in [0.5, 0.6) is 0 Å². The van der Waals surface area contributed by atoms with E-state index in [1.165, 1.54) is 5.39 Å². The lowest BCUT2D eigenvalue weighted by atomic mass is 9.96. The molecule has 5 rings (SSSR count). The second kappa shape index (κ2) is 5.59. The Morgan fingerprint density at radius 3 is 2.27 bits per heavy atom. The van der Waals surface area contributed by atoms with Crippen molar-refractivity contribution in [2.45, 2.75) is 0 Å². The van der Waals surface area contributed by atoms with Crippen molar-refractivity contribution in [1.82, 2.24) is 0 Å². The summed E-state index contributed by atoms with van der Waals surface area (Å²) in [6, 6.07) is 30.6. The van der Waals surface area contributed by atoms with Crippen molar-refractivity contribution in [3.63, 3.8) is 0 Å². The van der Waals surface area contributed by atoms with Gasteiger partial charge < -0.3 is 4.67 Å². The topological polar surface area (TPSA) is 20.3 Å². The van der Waals surface area contributed by atoms with Gasteiger partial charge >= 0.3 is 0 Å². The Hall–Kier alpha value is -2.83. The van der Waals surface area contributed by atoms with Gasteiger partial charge in [0.1, 0.15) is 0 Å². The number of para-hydroxylation sites is 1. The third-order valence-electron chi connectivity index (χ3n) is 5.28. The first kappa shape index (κ1) is 15.4. The smallest absolute Gasteiger partial charge is 0.230 e. The monoisotopic (exact) mass is 355 g/mol. The minimum absolute atomic E-state index is 0.869. The lowest BCUT2D eigenvalue weighted by molar-refractivity contribution is 0.586. The molecule has 2 nitrogen and oxygen atoms in total. The lowest BCUT2D eigenvalue weighted by Gasteiger charge is -2.38. The van der Waals surface area contributed by atoms with Gasteiger partial charge in [-0.15, -0.1) is 0 Å². The molecular weight excluding hydrogens is 337 g/mol. The van der Waals surface area contributed by atoms with Crippen LogP contribution in [0.4, 0.5) is 5.69 Å². The Morgan fingerprint density at radius 1 is 0.731 bits per heavy atom. The van der Waals surface area contributed by atoms with Gasteiger partial charge in [0.15, 0.2) is 0 Å². The maximum absolute atomic E-state index is 14.5. The highest BCUT2D eigenvalue weighted by Crippen LogP contribution is 2.57. The summed E-state index contributed by atoms with van der Waals surface area (Å²) >= 11 is 0. The Bertz CT molecular complexity index is 1180.